The molecular weight excluding hydrogens is 324 g/mol. The van der Waals surface area contributed by atoms with Crippen molar-refractivity contribution in [1.29, 1.82) is 0 Å². The van der Waals surface area contributed by atoms with Crippen LogP contribution in [0.3, 0.4) is 0 Å². The molecule has 0 bridgehead atoms. The van der Waals surface area contributed by atoms with E-state index in [2.05, 4.69) is 16.9 Å². The van der Waals surface area contributed by atoms with Crippen molar-refractivity contribution in [2.45, 2.75) is 13.2 Å². The summed E-state index contributed by atoms with van der Waals surface area (Å²) in [6.07, 6.45) is 3.10. The molecule has 1 heterocycles. The fraction of sp³-hybridized carbons (Fsp3) is 0.105. The van der Waals surface area contributed by atoms with Crippen LogP contribution in [0.5, 0.6) is 5.75 Å². The number of aromatic nitrogens is 1. The van der Waals surface area contributed by atoms with Crippen molar-refractivity contribution < 1.29 is 9.53 Å². The van der Waals surface area contributed by atoms with Gasteiger partial charge in [0.15, 0.2) is 0 Å². The number of benzene rings is 2. The van der Waals surface area contributed by atoms with E-state index in [1.807, 2.05) is 48.7 Å². The van der Waals surface area contributed by atoms with Crippen molar-refractivity contribution in [3.05, 3.63) is 77.5 Å². The Morgan fingerprint density at radius 3 is 2.83 bits per heavy atom. The molecule has 0 aliphatic heterocycles. The Morgan fingerprint density at radius 1 is 1.29 bits per heavy atom. The van der Waals surface area contributed by atoms with Crippen molar-refractivity contribution in [2.24, 2.45) is 0 Å². The minimum absolute atomic E-state index is 0.209. The zero-order valence-corrected chi connectivity index (χ0v) is 13.8. The topological polar surface area (TPSA) is 54.1 Å². The molecule has 4 nitrogen and oxygen atoms in total. The lowest BCUT2D eigenvalue weighted by atomic mass is 10.1. The Bertz CT molecular complexity index is 872. The second-order valence-electron chi connectivity index (χ2n) is 5.34. The number of aromatic amines is 1. The monoisotopic (exact) mass is 340 g/mol. The van der Waals surface area contributed by atoms with Crippen LogP contribution in [0.15, 0.2) is 61.3 Å². The van der Waals surface area contributed by atoms with E-state index in [9.17, 15) is 4.79 Å². The molecule has 5 heteroatoms. The van der Waals surface area contributed by atoms with Gasteiger partial charge in [0.25, 0.3) is 0 Å². The van der Waals surface area contributed by atoms with Crippen molar-refractivity contribution in [3.8, 4) is 5.75 Å². The highest BCUT2D eigenvalue weighted by molar-refractivity contribution is 6.32. The van der Waals surface area contributed by atoms with E-state index in [1.165, 1.54) is 6.08 Å². The van der Waals surface area contributed by atoms with Gasteiger partial charge in [-0.15, -0.1) is 0 Å². The number of nitrogens with one attached hydrogen (secondary N) is 2. The summed E-state index contributed by atoms with van der Waals surface area (Å²) < 4.78 is 5.85. The van der Waals surface area contributed by atoms with Crippen molar-refractivity contribution in [3.63, 3.8) is 0 Å². The molecule has 24 heavy (non-hydrogen) atoms. The number of hydrogen-bond acceptors (Lipinski definition) is 2. The predicted octanol–water partition coefficient (Wildman–Crippen LogP) is 4.20. The smallest absolute Gasteiger partial charge is 0.243 e. The third-order valence-corrected chi connectivity index (χ3v) is 3.99. The van der Waals surface area contributed by atoms with E-state index in [0.717, 1.165) is 22.0 Å². The maximum Gasteiger partial charge on any atom is 0.243 e. The molecule has 2 N–H and O–H groups in total. The fourth-order valence-corrected chi connectivity index (χ4v) is 2.65. The number of fused-ring (bicyclic) bond motifs is 1. The summed E-state index contributed by atoms with van der Waals surface area (Å²) in [4.78, 5) is 14.5. The number of H-pyrrole nitrogens is 1. The standard InChI is InChI=1S/C19H17ClN2O2/c1-2-19(23)22-11-14-10-21-17-9-16(20)18(8-15(14)17)24-12-13-6-4-3-5-7-13/h2-10,21H,1,11-12H2,(H,22,23). The molecule has 0 aliphatic rings. The molecule has 0 aliphatic carbocycles. The van der Waals surface area contributed by atoms with E-state index in [0.29, 0.717) is 23.9 Å². The fourth-order valence-electron chi connectivity index (χ4n) is 2.43. The molecule has 1 aromatic heterocycles. The van der Waals surface area contributed by atoms with Crippen molar-refractivity contribution >= 4 is 28.4 Å². The number of carbonyl (C=O) groups excluding carboxylic acids is 1. The lowest BCUT2D eigenvalue weighted by Crippen LogP contribution is -2.19. The lowest BCUT2D eigenvalue weighted by Gasteiger charge is -2.09. The molecular formula is C19H17ClN2O2. The van der Waals surface area contributed by atoms with Gasteiger partial charge in [0.2, 0.25) is 5.91 Å². The zero-order valence-electron chi connectivity index (χ0n) is 13.0. The first-order valence-corrected chi connectivity index (χ1v) is 7.91. The zero-order chi connectivity index (χ0) is 16.9. The van der Waals surface area contributed by atoms with Crippen LogP contribution in [0.25, 0.3) is 10.9 Å². The van der Waals surface area contributed by atoms with E-state index >= 15 is 0 Å². The van der Waals surface area contributed by atoms with Gasteiger partial charge in [0.1, 0.15) is 12.4 Å². The van der Waals surface area contributed by atoms with Gasteiger partial charge in [0.05, 0.1) is 5.02 Å². The summed E-state index contributed by atoms with van der Waals surface area (Å²) >= 11 is 6.30. The number of hydrogen-bond donors (Lipinski definition) is 2. The van der Waals surface area contributed by atoms with Crippen molar-refractivity contribution in [1.82, 2.24) is 10.3 Å². The van der Waals surface area contributed by atoms with Gasteiger partial charge in [-0.2, -0.15) is 0 Å². The Morgan fingerprint density at radius 2 is 2.08 bits per heavy atom. The highest BCUT2D eigenvalue weighted by Crippen LogP contribution is 2.32. The summed E-state index contributed by atoms with van der Waals surface area (Å²) in [6.45, 7) is 4.30. The first-order valence-electron chi connectivity index (χ1n) is 7.54. The van der Waals surface area contributed by atoms with Crippen LogP contribution in [0.2, 0.25) is 5.02 Å². The van der Waals surface area contributed by atoms with Crippen molar-refractivity contribution in [2.75, 3.05) is 0 Å². The van der Waals surface area contributed by atoms with E-state index < -0.39 is 0 Å². The summed E-state index contributed by atoms with van der Waals surface area (Å²) in [5, 5.41) is 4.28. The normalized spacial score (nSPS) is 10.5. The average Bonchev–Trinajstić information content (AvgIpc) is 3.00. The average molecular weight is 341 g/mol. The van der Waals surface area contributed by atoms with Gasteiger partial charge in [-0.05, 0) is 29.3 Å². The first-order chi connectivity index (χ1) is 11.7. The Kier molecular flexibility index (Phi) is 4.87. The molecule has 1 amide bonds. The quantitative estimate of drug-likeness (QED) is 0.661. The number of carbonyl (C=O) groups is 1. The van der Waals surface area contributed by atoms with Gasteiger partial charge in [-0.1, -0.05) is 48.5 Å². The van der Waals surface area contributed by atoms with Gasteiger partial charge >= 0.3 is 0 Å². The van der Waals surface area contributed by atoms with E-state index in [-0.39, 0.29) is 5.91 Å². The van der Waals surface area contributed by atoms with Crippen LogP contribution in [0, 0.1) is 0 Å². The molecule has 122 valence electrons. The molecule has 0 saturated heterocycles. The highest BCUT2D eigenvalue weighted by atomic mass is 35.5. The molecule has 0 radical (unpaired) electrons. The molecule has 3 rings (SSSR count). The van der Waals surface area contributed by atoms with E-state index in [4.69, 9.17) is 16.3 Å². The Hall–Kier alpha value is -2.72. The van der Waals surface area contributed by atoms with E-state index in [1.54, 1.807) is 0 Å². The SMILES string of the molecule is C=CC(=O)NCc1c[nH]c2cc(Cl)c(OCc3ccccc3)cc12. The van der Waals surface area contributed by atoms with Gasteiger partial charge in [0, 0.05) is 23.6 Å². The van der Waals surface area contributed by atoms with Crippen LogP contribution in [0.1, 0.15) is 11.1 Å². The van der Waals surface area contributed by atoms with Gasteiger partial charge < -0.3 is 15.0 Å². The molecule has 3 aromatic rings. The number of rotatable bonds is 6. The third kappa shape index (κ3) is 3.60. The lowest BCUT2D eigenvalue weighted by molar-refractivity contribution is -0.116. The number of ether oxygens (including phenoxy) is 1. The van der Waals surface area contributed by atoms with Crippen LogP contribution in [-0.4, -0.2) is 10.9 Å². The third-order valence-electron chi connectivity index (χ3n) is 3.70. The molecule has 0 unspecified atom stereocenters. The molecule has 0 fully saturated rings. The summed E-state index contributed by atoms with van der Waals surface area (Å²) in [6, 6.07) is 13.6. The number of halogens is 1. The molecule has 0 atom stereocenters. The minimum Gasteiger partial charge on any atom is -0.487 e. The summed E-state index contributed by atoms with van der Waals surface area (Å²) in [5.74, 6) is 0.405. The molecule has 2 aromatic carbocycles. The summed E-state index contributed by atoms with van der Waals surface area (Å²) in [5.41, 5.74) is 2.93. The largest absolute Gasteiger partial charge is 0.487 e. The van der Waals surface area contributed by atoms with Gasteiger partial charge in [-0.3, -0.25) is 4.79 Å². The second kappa shape index (κ2) is 7.23. The molecule has 0 spiro atoms. The Labute approximate surface area is 145 Å². The highest BCUT2D eigenvalue weighted by Gasteiger charge is 2.10. The minimum atomic E-state index is -0.209. The maximum absolute atomic E-state index is 11.3. The maximum atomic E-state index is 11.3. The van der Waals surface area contributed by atoms with Crippen LogP contribution in [0.4, 0.5) is 0 Å². The first kappa shape index (κ1) is 16.1. The number of amides is 1. The van der Waals surface area contributed by atoms with Crippen LogP contribution < -0.4 is 10.1 Å². The molecule has 0 saturated carbocycles. The van der Waals surface area contributed by atoms with Crippen LogP contribution in [-0.2, 0) is 17.9 Å². The summed E-state index contributed by atoms with van der Waals surface area (Å²) in [7, 11) is 0. The Balaban J connectivity index is 1.81. The second-order valence-corrected chi connectivity index (χ2v) is 5.75. The van der Waals surface area contributed by atoms with Crippen LogP contribution >= 0.6 is 11.6 Å². The predicted molar refractivity (Wildman–Crippen MR) is 96.1 cm³/mol. The van der Waals surface area contributed by atoms with Gasteiger partial charge in [-0.25, -0.2) is 0 Å².